The lowest BCUT2D eigenvalue weighted by atomic mass is 10.00. The Hall–Kier alpha value is -3.24. The molecule has 0 bridgehead atoms. The predicted octanol–water partition coefficient (Wildman–Crippen LogP) is 5.77. The number of thioether (sulfide) groups is 1. The quantitative estimate of drug-likeness (QED) is 0.487. The maximum atomic E-state index is 15.0. The minimum atomic E-state index is -0.876. The van der Waals surface area contributed by atoms with Gasteiger partial charge >= 0.3 is 12.2 Å². The number of fused-ring (bicyclic) bond motifs is 1. The van der Waals surface area contributed by atoms with Gasteiger partial charge in [0.1, 0.15) is 10.8 Å². The van der Waals surface area contributed by atoms with Crippen LogP contribution >= 0.6 is 23.4 Å². The van der Waals surface area contributed by atoms with Gasteiger partial charge in [-0.25, -0.2) is 24.4 Å². The standard InChI is InChI=1S/C24H26ClFN4O4S/c1-5-33-23(31)28-30(24(32)34-6-2)21-22(35-7-3)29(4)19-13-12-15(25)14-17(19)20(27-21)16-10-8-9-11-18(16)26/h8-14H,5-7H2,1-4H3,(H,28,31). The monoisotopic (exact) mass is 520 g/mol. The number of nitrogens with one attached hydrogen (secondary N) is 1. The number of carbonyl (C=O) groups excluding carboxylic acids is 2. The van der Waals surface area contributed by atoms with E-state index >= 15 is 4.39 Å². The third kappa shape index (κ3) is 5.88. The van der Waals surface area contributed by atoms with E-state index in [2.05, 4.69) is 5.43 Å². The van der Waals surface area contributed by atoms with Crippen molar-refractivity contribution in [2.24, 2.45) is 4.99 Å². The molecule has 1 heterocycles. The largest absolute Gasteiger partial charge is 0.449 e. The van der Waals surface area contributed by atoms with Crippen molar-refractivity contribution in [1.29, 1.82) is 0 Å². The fraction of sp³-hybridized carbons (Fsp3) is 0.292. The Labute approximate surface area is 212 Å². The van der Waals surface area contributed by atoms with E-state index in [1.807, 2.05) is 11.8 Å². The van der Waals surface area contributed by atoms with Gasteiger partial charge in [-0.15, -0.1) is 11.8 Å². The smallest absolute Gasteiger partial charge is 0.435 e. The molecule has 0 saturated heterocycles. The number of halogens is 2. The summed E-state index contributed by atoms with van der Waals surface area (Å²) in [5.74, 6) is 0.149. The van der Waals surface area contributed by atoms with Crippen LogP contribution in [0.3, 0.4) is 0 Å². The van der Waals surface area contributed by atoms with Crippen LogP contribution in [0.25, 0.3) is 0 Å². The van der Waals surface area contributed by atoms with E-state index in [0.29, 0.717) is 27.1 Å². The first-order chi connectivity index (χ1) is 16.8. The fourth-order valence-corrected chi connectivity index (χ4v) is 4.40. The van der Waals surface area contributed by atoms with Crippen molar-refractivity contribution in [3.05, 3.63) is 75.3 Å². The van der Waals surface area contributed by atoms with Crippen molar-refractivity contribution in [2.45, 2.75) is 20.8 Å². The number of rotatable bonds is 6. The summed E-state index contributed by atoms with van der Waals surface area (Å²) in [7, 11) is 1.79. The second-order valence-corrected chi connectivity index (χ2v) is 8.78. The summed E-state index contributed by atoms with van der Waals surface area (Å²) < 4.78 is 25.2. The lowest BCUT2D eigenvalue weighted by Crippen LogP contribution is -2.46. The SMILES string of the molecule is CCOC(=O)NN(C(=O)OCC)C1=C(SCC)N(C)c2ccc(Cl)cc2C(c2ccccc2F)=N1. The normalized spacial score (nSPS) is 13.0. The Morgan fingerprint density at radius 2 is 1.83 bits per heavy atom. The molecule has 0 saturated carbocycles. The van der Waals surface area contributed by atoms with Crippen LogP contribution in [-0.4, -0.2) is 48.9 Å². The Balaban J connectivity index is 2.34. The van der Waals surface area contributed by atoms with Gasteiger partial charge in [-0.2, -0.15) is 5.01 Å². The van der Waals surface area contributed by atoms with Crippen LogP contribution in [0, 0.1) is 5.82 Å². The third-order valence-corrected chi connectivity index (χ3v) is 6.09. The van der Waals surface area contributed by atoms with Gasteiger partial charge in [0.25, 0.3) is 0 Å². The number of aliphatic imine (C=N–C) groups is 1. The van der Waals surface area contributed by atoms with E-state index in [-0.39, 0.29) is 30.3 Å². The summed E-state index contributed by atoms with van der Waals surface area (Å²) in [6.07, 6.45) is -1.75. The average Bonchev–Trinajstić information content (AvgIpc) is 2.93. The van der Waals surface area contributed by atoms with Crippen LogP contribution < -0.4 is 10.3 Å². The highest BCUT2D eigenvalue weighted by molar-refractivity contribution is 8.03. The number of carbonyl (C=O) groups is 2. The van der Waals surface area contributed by atoms with E-state index in [1.165, 1.54) is 17.8 Å². The number of hydrogen-bond donors (Lipinski definition) is 1. The molecule has 1 aliphatic rings. The van der Waals surface area contributed by atoms with Crippen LogP contribution in [0.1, 0.15) is 31.9 Å². The molecule has 0 aromatic heterocycles. The zero-order valence-electron chi connectivity index (χ0n) is 19.8. The molecule has 2 aromatic carbocycles. The van der Waals surface area contributed by atoms with Crippen molar-refractivity contribution in [2.75, 3.05) is 30.9 Å². The molecule has 0 unspecified atom stereocenters. The Kier molecular flexibility index (Phi) is 9.00. The number of nitrogens with zero attached hydrogens (tertiary/aromatic N) is 3. The maximum absolute atomic E-state index is 15.0. The van der Waals surface area contributed by atoms with Crippen molar-refractivity contribution in [3.63, 3.8) is 0 Å². The summed E-state index contributed by atoms with van der Waals surface area (Å²) in [5, 5.41) is 1.83. The highest BCUT2D eigenvalue weighted by Gasteiger charge is 2.32. The first kappa shape index (κ1) is 26.4. The topological polar surface area (TPSA) is 83.5 Å². The molecular weight excluding hydrogens is 495 g/mol. The molecule has 0 radical (unpaired) electrons. The van der Waals surface area contributed by atoms with E-state index in [0.717, 1.165) is 5.01 Å². The number of anilines is 1. The van der Waals surface area contributed by atoms with Gasteiger partial charge < -0.3 is 14.4 Å². The lowest BCUT2D eigenvalue weighted by molar-refractivity contribution is 0.0869. The Bertz CT molecular complexity index is 1170. The second kappa shape index (κ2) is 11.9. The average molecular weight is 521 g/mol. The number of hydrogen-bond acceptors (Lipinski definition) is 7. The molecule has 1 aliphatic heterocycles. The van der Waals surface area contributed by atoms with Crippen LogP contribution in [0.15, 0.2) is 58.3 Å². The van der Waals surface area contributed by atoms with Crippen molar-refractivity contribution >= 4 is 46.9 Å². The van der Waals surface area contributed by atoms with E-state index in [4.69, 9.17) is 26.1 Å². The van der Waals surface area contributed by atoms with Gasteiger partial charge in [0.15, 0.2) is 5.82 Å². The maximum Gasteiger partial charge on any atom is 0.435 e. The highest BCUT2D eigenvalue weighted by Crippen LogP contribution is 2.38. The minimum Gasteiger partial charge on any atom is -0.449 e. The van der Waals surface area contributed by atoms with Gasteiger partial charge in [0.2, 0.25) is 0 Å². The number of amides is 2. The number of hydrazine groups is 1. The zero-order chi connectivity index (χ0) is 25.5. The van der Waals surface area contributed by atoms with Crippen LogP contribution in [0.5, 0.6) is 0 Å². The van der Waals surface area contributed by atoms with Gasteiger partial charge in [-0.1, -0.05) is 30.7 Å². The molecule has 2 amide bonds. The molecule has 0 aliphatic carbocycles. The molecule has 35 heavy (non-hydrogen) atoms. The molecule has 2 aromatic rings. The molecule has 11 heteroatoms. The summed E-state index contributed by atoms with van der Waals surface area (Å²) in [6, 6.07) is 11.4. The molecule has 186 valence electrons. The van der Waals surface area contributed by atoms with Gasteiger partial charge in [-0.05, 0) is 49.9 Å². The number of ether oxygens (including phenoxy) is 2. The van der Waals surface area contributed by atoms with Crippen molar-refractivity contribution in [3.8, 4) is 0 Å². The van der Waals surface area contributed by atoms with Crippen molar-refractivity contribution in [1.82, 2.24) is 10.4 Å². The predicted molar refractivity (Wildman–Crippen MR) is 136 cm³/mol. The number of benzene rings is 2. The molecule has 0 fully saturated rings. The minimum absolute atomic E-state index is 0.0384. The second-order valence-electron chi connectivity index (χ2n) is 7.09. The first-order valence-corrected chi connectivity index (χ1v) is 12.3. The Morgan fingerprint density at radius 1 is 1.11 bits per heavy atom. The molecule has 3 rings (SSSR count). The highest BCUT2D eigenvalue weighted by atomic mass is 35.5. The van der Waals surface area contributed by atoms with Crippen LogP contribution in [0.2, 0.25) is 5.02 Å². The first-order valence-electron chi connectivity index (χ1n) is 11.0. The molecule has 0 spiro atoms. The molecule has 0 atom stereocenters. The summed E-state index contributed by atoms with van der Waals surface area (Å²) in [4.78, 5) is 31.9. The lowest BCUT2D eigenvalue weighted by Gasteiger charge is -2.27. The van der Waals surface area contributed by atoms with Gasteiger partial charge in [0, 0.05) is 23.2 Å². The fourth-order valence-electron chi connectivity index (χ4n) is 3.39. The third-order valence-electron chi connectivity index (χ3n) is 4.84. The van der Waals surface area contributed by atoms with E-state index < -0.39 is 18.0 Å². The van der Waals surface area contributed by atoms with Crippen LogP contribution in [-0.2, 0) is 9.47 Å². The Morgan fingerprint density at radius 3 is 2.49 bits per heavy atom. The summed E-state index contributed by atoms with van der Waals surface area (Å²) in [6.45, 7) is 5.36. The zero-order valence-corrected chi connectivity index (χ0v) is 21.4. The van der Waals surface area contributed by atoms with E-state index in [1.54, 1.807) is 57.3 Å². The van der Waals surface area contributed by atoms with Gasteiger partial charge in [0.05, 0.1) is 24.6 Å². The molecular formula is C24H26ClFN4O4S. The molecule has 8 nitrogen and oxygen atoms in total. The summed E-state index contributed by atoms with van der Waals surface area (Å²) in [5.41, 5.74) is 4.07. The van der Waals surface area contributed by atoms with Gasteiger partial charge in [-0.3, -0.25) is 0 Å². The summed E-state index contributed by atoms with van der Waals surface area (Å²) >= 11 is 7.70. The van der Waals surface area contributed by atoms with Crippen molar-refractivity contribution < 1.29 is 23.5 Å². The van der Waals surface area contributed by atoms with E-state index in [9.17, 15) is 9.59 Å². The molecule has 1 N–H and O–H groups in total. The van der Waals surface area contributed by atoms with Crippen LogP contribution in [0.4, 0.5) is 19.7 Å².